The molecule has 0 amide bonds. The van der Waals surface area contributed by atoms with E-state index in [4.69, 9.17) is 5.11 Å². The number of aromatic nitrogens is 3. The third kappa shape index (κ3) is 3.12. The molecule has 0 aliphatic heterocycles. The zero-order chi connectivity index (χ0) is 13.8. The van der Waals surface area contributed by atoms with E-state index in [1.165, 1.54) is 23.1 Å². The summed E-state index contributed by atoms with van der Waals surface area (Å²) < 4.78 is 1.40. The number of non-ortho nitro benzene ring substituents is 1. The maximum Gasteiger partial charge on any atom is 0.269 e. The van der Waals surface area contributed by atoms with E-state index in [1.54, 1.807) is 12.1 Å². The van der Waals surface area contributed by atoms with E-state index in [9.17, 15) is 15.2 Å². The summed E-state index contributed by atoms with van der Waals surface area (Å²) in [5.74, 6) is 0.403. The molecule has 1 aromatic carbocycles. The number of nitro benzene ring substituents is 1. The Hall–Kier alpha value is -2.32. The normalized spacial score (nSPS) is 12.3. The van der Waals surface area contributed by atoms with Crippen LogP contribution in [0.2, 0.25) is 0 Å². The zero-order valence-corrected chi connectivity index (χ0v) is 9.88. The minimum absolute atomic E-state index is 0.00103. The van der Waals surface area contributed by atoms with Gasteiger partial charge < -0.3 is 10.2 Å². The minimum atomic E-state index is -0.897. The van der Waals surface area contributed by atoms with Gasteiger partial charge in [-0.25, -0.2) is 9.67 Å². The van der Waals surface area contributed by atoms with Crippen molar-refractivity contribution in [1.29, 1.82) is 0 Å². The summed E-state index contributed by atoms with van der Waals surface area (Å²) >= 11 is 0. The number of hydrogen-bond donors (Lipinski definition) is 2. The van der Waals surface area contributed by atoms with Gasteiger partial charge in [0.2, 0.25) is 0 Å². The molecule has 0 saturated carbocycles. The Morgan fingerprint density at radius 3 is 2.63 bits per heavy atom. The fraction of sp³-hybridized carbons (Fsp3) is 0.273. The van der Waals surface area contributed by atoms with Crippen molar-refractivity contribution in [3.05, 3.63) is 40.7 Å². The van der Waals surface area contributed by atoms with E-state index in [0.29, 0.717) is 11.4 Å². The van der Waals surface area contributed by atoms with Gasteiger partial charge in [0.15, 0.2) is 5.82 Å². The van der Waals surface area contributed by atoms with Crippen LogP contribution >= 0.6 is 0 Å². The smallest absolute Gasteiger partial charge is 0.269 e. The highest BCUT2D eigenvalue weighted by atomic mass is 16.6. The van der Waals surface area contributed by atoms with Crippen molar-refractivity contribution in [1.82, 2.24) is 14.8 Å². The molecular weight excluding hydrogens is 252 g/mol. The fourth-order valence-electron chi connectivity index (χ4n) is 1.52. The SMILES string of the molecule is O=[N+]([O-])c1ccc(-c2ncn(CC(O)CO)n2)cc1. The van der Waals surface area contributed by atoms with Crippen molar-refractivity contribution in [3.63, 3.8) is 0 Å². The van der Waals surface area contributed by atoms with Crippen molar-refractivity contribution < 1.29 is 15.1 Å². The Kier molecular flexibility index (Phi) is 3.83. The average Bonchev–Trinajstić information content (AvgIpc) is 2.87. The first kappa shape index (κ1) is 13.1. The second kappa shape index (κ2) is 5.55. The molecule has 2 aromatic rings. The lowest BCUT2D eigenvalue weighted by Gasteiger charge is -2.05. The molecule has 0 spiro atoms. The molecule has 0 radical (unpaired) electrons. The lowest BCUT2D eigenvalue weighted by atomic mass is 10.2. The molecule has 0 saturated heterocycles. The van der Waals surface area contributed by atoms with Gasteiger partial charge in [0.05, 0.1) is 24.2 Å². The molecule has 0 aliphatic rings. The van der Waals surface area contributed by atoms with Crippen LogP contribution in [-0.4, -0.2) is 42.6 Å². The second-order valence-corrected chi connectivity index (χ2v) is 3.93. The summed E-state index contributed by atoms with van der Waals surface area (Å²) in [7, 11) is 0. The largest absolute Gasteiger partial charge is 0.394 e. The van der Waals surface area contributed by atoms with E-state index < -0.39 is 11.0 Å². The molecular formula is C11H12N4O4. The van der Waals surface area contributed by atoms with Gasteiger partial charge in [-0.15, -0.1) is 0 Å². The molecule has 1 aromatic heterocycles. The summed E-state index contributed by atoms with van der Waals surface area (Å²) in [5, 5.41) is 32.6. The first-order valence-electron chi connectivity index (χ1n) is 5.53. The highest BCUT2D eigenvalue weighted by Gasteiger charge is 2.10. The van der Waals surface area contributed by atoms with E-state index in [2.05, 4.69) is 10.1 Å². The number of aliphatic hydroxyl groups excluding tert-OH is 2. The topological polar surface area (TPSA) is 114 Å². The first-order valence-corrected chi connectivity index (χ1v) is 5.53. The molecule has 8 nitrogen and oxygen atoms in total. The Morgan fingerprint density at radius 1 is 1.37 bits per heavy atom. The van der Waals surface area contributed by atoms with Crippen LogP contribution in [0.1, 0.15) is 0 Å². The third-order valence-corrected chi connectivity index (χ3v) is 2.48. The molecule has 0 fully saturated rings. The monoisotopic (exact) mass is 264 g/mol. The number of nitro groups is 1. The molecule has 2 N–H and O–H groups in total. The Morgan fingerprint density at radius 2 is 2.05 bits per heavy atom. The minimum Gasteiger partial charge on any atom is -0.394 e. The molecule has 1 heterocycles. The third-order valence-electron chi connectivity index (χ3n) is 2.48. The highest BCUT2D eigenvalue weighted by Crippen LogP contribution is 2.18. The zero-order valence-electron chi connectivity index (χ0n) is 9.88. The van der Waals surface area contributed by atoms with Crippen LogP contribution in [0.3, 0.4) is 0 Å². The second-order valence-electron chi connectivity index (χ2n) is 3.93. The summed E-state index contributed by atoms with van der Waals surface area (Å²) in [4.78, 5) is 14.1. The van der Waals surface area contributed by atoms with Gasteiger partial charge in [0.25, 0.3) is 5.69 Å². The number of aliphatic hydroxyl groups is 2. The Balaban J connectivity index is 2.16. The number of hydrogen-bond acceptors (Lipinski definition) is 6. The fourth-order valence-corrected chi connectivity index (χ4v) is 1.52. The molecule has 100 valence electrons. The summed E-state index contributed by atoms with van der Waals surface area (Å²) in [6.45, 7) is -0.219. The quantitative estimate of drug-likeness (QED) is 0.589. The lowest BCUT2D eigenvalue weighted by Crippen LogP contribution is -2.20. The van der Waals surface area contributed by atoms with Gasteiger partial charge in [-0.3, -0.25) is 10.1 Å². The Bertz CT molecular complexity index is 566. The molecule has 1 atom stereocenters. The van der Waals surface area contributed by atoms with Gasteiger partial charge >= 0.3 is 0 Å². The number of rotatable bonds is 5. The molecule has 0 bridgehead atoms. The van der Waals surface area contributed by atoms with E-state index >= 15 is 0 Å². The molecule has 8 heteroatoms. The Labute approximate surface area is 108 Å². The van der Waals surface area contributed by atoms with Crippen LogP contribution in [0.4, 0.5) is 5.69 Å². The van der Waals surface area contributed by atoms with E-state index in [1.807, 2.05) is 0 Å². The first-order chi connectivity index (χ1) is 9.10. The van der Waals surface area contributed by atoms with Crippen LogP contribution < -0.4 is 0 Å². The van der Waals surface area contributed by atoms with Crippen molar-refractivity contribution in [2.75, 3.05) is 6.61 Å². The molecule has 0 aliphatic carbocycles. The predicted octanol–water partition coefficient (Wildman–Crippen LogP) is 0.206. The van der Waals surface area contributed by atoms with Gasteiger partial charge in [0, 0.05) is 17.7 Å². The molecule has 2 rings (SSSR count). The van der Waals surface area contributed by atoms with Gasteiger partial charge in [-0.1, -0.05) is 0 Å². The highest BCUT2D eigenvalue weighted by molar-refractivity contribution is 5.56. The van der Waals surface area contributed by atoms with Crippen LogP contribution in [0, 0.1) is 10.1 Å². The molecule has 1 unspecified atom stereocenters. The molecule has 19 heavy (non-hydrogen) atoms. The van der Waals surface area contributed by atoms with Crippen molar-refractivity contribution in [2.45, 2.75) is 12.6 Å². The van der Waals surface area contributed by atoms with Crippen LogP contribution in [0.5, 0.6) is 0 Å². The van der Waals surface area contributed by atoms with E-state index in [-0.39, 0.29) is 18.8 Å². The van der Waals surface area contributed by atoms with Gasteiger partial charge in [-0.05, 0) is 12.1 Å². The average molecular weight is 264 g/mol. The summed E-state index contributed by atoms with van der Waals surface area (Å²) in [6, 6.07) is 5.86. The standard InChI is InChI=1S/C11H12N4O4/c16-6-10(17)5-14-7-12-11(13-14)8-1-3-9(4-2-8)15(18)19/h1-4,7,10,16-17H,5-6H2. The summed E-state index contributed by atoms with van der Waals surface area (Å²) in [6.07, 6.45) is 0.529. The lowest BCUT2D eigenvalue weighted by molar-refractivity contribution is -0.384. The van der Waals surface area contributed by atoms with Gasteiger partial charge in [0.1, 0.15) is 6.33 Å². The van der Waals surface area contributed by atoms with E-state index in [0.717, 1.165) is 0 Å². The van der Waals surface area contributed by atoms with Crippen LogP contribution in [0.25, 0.3) is 11.4 Å². The van der Waals surface area contributed by atoms with Crippen molar-refractivity contribution in [2.24, 2.45) is 0 Å². The predicted molar refractivity (Wildman–Crippen MR) is 65.2 cm³/mol. The summed E-state index contributed by atoms with van der Waals surface area (Å²) in [5.41, 5.74) is 0.640. The number of nitrogens with zero attached hydrogens (tertiary/aromatic N) is 4. The maximum absolute atomic E-state index is 10.5. The van der Waals surface area contributed by atoms with Gasteiger partial charge in [-0.2, -0.15) is 5.10 Å². The van der Waals surface area contributed by atoms with Crippen molar-refractivity contribution in [3.8, 4) is 11.4 Å². The number of benzene rings is 1. The van der Waals surface area contributed by atoms with Crippen LogP contribution in [0.15, 0.2) is 30.6 Å². The van der Waals surface area contributed by atoms with Crippen molar-refractivity contribution >= 4 is 5.69 Å². The maximum atomic E-state index is 10.5. The van der Waals surface area contributed by atoms with Crippen LogP contribution in [-0.2, 0) is 6.54 Å².